The Bertz CT molecular complexity index is 318. The van der Waals surface area contributed by atoms with Crippen molar-refractivity contribution in [1.82, 2.24) is 9.55 Å². The first-order valence-corrected chi connectivity index (χ1v) is 4.72. The second-order valence-corrected chi connectivity index (χ2v) is 3.19. The molecule has 0 aromatic carbocycles. The molecule has 1 heterocycles. The van der Waals surface area contributed by atoms with Gasteiger partial charge in [-0.15, -0.1) is 0 Å². The fourth-order valence-electron chi connectivity index (χ4n) is 1.03. The van der Waals surface area contributed by atoms with Gasteiger partial charge >= 0.3 is 5.97 Å². The van der Waals surface area contributed by atoms with Crippen LogP contribution in [-0.2, 0) is 16.1 Å². The largest absolute Gasteiger partial charge is 0.464 e. The quantitative estimate of drug-likeness (QED) is 0.679. The fraction of sp³-hybridized carbons (Fsp3) is 0.600. The zero-order valence-electron chi connectivity index (χ0n) is 8.83. The van der Waals surface area contributed by atoms with Crippen molar-refractivity contribution in [3.63, 3.8) is 0 Å². The summed E-state index contributed by atoms with van der Waals surface area (Å²) in [5.74, 6) is -0.233. The number of rotatable bonds is 4. The topological polar surface area (TPSA) is 44.1 Å². The lowest BCUT2D eigenvalue weighted by atomic mass is 10.4. The Labute approximate surface area is 83.9 Å². The van der Waals surface area contributed by atoms with Gasteiger partial charge in [-0.3, -0.25) is 4.79 Å². The van der Waals surface area contributed by atoms with Crippen LogP contribution in [0.2, 0.25) is 0 Å². The van der Waals surface area contributed by atoms with E-state index in [0.717, 1.165) is 17.8 Å². The van der Waals surface area contributed by atoms with Crippen molar-refractivity contribution in [2.45, 2.75) is 33.7 Å². The highest BCUT2D eigenvalue weighted by atomic mass is 16.5. The summed E-state index contributed by atoms with van der Waals surface area (Å²) in [6.45, 7) is 6.44. The lowest BCUT2D eigenvalue weighted by molar-refractivity contribution is -0.144. The maximum Gasteiger partial charge on any atom is 0.326 e. The molecule has 0 unspecified atom stereocenters. The summed E-state index contributed by atoms with van der Waals surface area (Å²) in [6, 6.07) is 0. The SMILES string of the molecule is CCCOC(=O)Cn1[c]nc(C)c1C. The van der Waals surface area contributed by atoms with Gasteiger partial charge in [-0.2, -0.15) is 0 Å². The van der Waals surface area contributed by atoms with Crippen molar-refractivity contribution in [3.8, 4) is 0 Å². The summed E-state index contributed by atoms with van der Waals surface area (Å²) < 4.78 is 6.63. The summed E-state index contributed by atoms with van der Waals surface area (Å²) >= 11 is 0. The molecule has 1 aromatic heterocycles. The molecule has 4 nitrogen and oxygen atoms in total. The van der Waals surface area contributed by atoms with Crippen molar-refractivity contribution in [2.24, 2.45) is 0 Å². The second kappa shape index (κ2) is 4.79. The van der Waals surface area contributed by atoms with E-state index in [2.05, 4.69) is 11.3 Å². The van der Waals surface area contributed by atoms with Crippen LogP contribution >= 0.6 is 0 Å². The summed E-state index contributed by atoms with van der Waals surface area (Å²) in [4.78, 5) is 15.2. The molecule has 1 rings (SSSR count). The smallest absolute Gasteiger partial charge is 0.326 e. The van der Waals surface area contributed by atoms with E-state index in [1.54, 1.807) is 4.57 Å². The molecule has 0 spiro atoms. The third-order valence-corrected chi connectivity index (χ3v) is 2.02. The van der Waals surface area contributed by atoms with Gasteiger partial charge in [0.2, 0.25) is 0 Å². The van der Waals surface area contributed by atoms with E-state index in [1.807, 2.05) is 20.8 Å². The van der Waals surface area contributed by atoms with Crippen LogP contribution in [0, 0.1) is 20.2 Å². The molecule has 0 atom stereocenters. The van der Waals surface area contributed by atoms with Crippen LogP contribution in [0.4, 0.5) is 0 Å². The molecule has 0 saturated carbocycles. The van der Waals surface area contributed by atoms with Crippen LogP contribution < -0.4 is 0 Å². The van der Waals surface area contributed by atoms with E-state index in [4.69, 9.17) is 4.74 Å². The van der Waals surface area contributed by atoms with Gasteiger partial charge in [0.05, 0.1) is 12.3 Å². The highest BCUT2D eigenvalue weighted by molar-refractivity contribution is 5.69. The Morgan fingerprint density at radius 3 is 2.79 bits per heavy atom. The number of hydrogen-bond acceptors (Lipinski definition) is 3. The van der Waals surface area contributed by atoms with Crippen molar-refractivity contribution in [1.29, 1.82) is 0 Å². The lowest BCUT2D eigenvalue weighted by Crippen LogP contribution is -2.14. The number of imidazole rings is 1. The minimum absolute atomic E-state index is 0.201. The zero-order valence-corrected chi connectivity index (χ0v) is 8.83. The second-order valence-electron chi connectivity index (χ2n) is 3.19. The van der Waals surface area contributed by atoms with E-state index in [1.165, 1.54) is 0 Å². The van der Waals surface area contributed by atoms with E-state index in [-0.39, 0.29) is 12.5 Å². The van der Waals surface area contributed by atoms with Crippen molar-refractivity contribution < 1.29 is 9.53 Å². The molecular weight excluding hydrogens is 180 g/mol. The lowest BCUT2D eigenvalue weighted by Gasteiger charge is -2.04. The van der Waals surface area contributed by atoms with Gasteiger partial charge in [0.1, 0.15) is 6.54 Å². The average Bonchev–Trinajstić information content (AvgIpc) is 2.46. The summed E-state index contributed by atoms with van der Waals surface area (Å²) in [7, 11) is 0. The molecule has 0 aliphatic carbocycles. The molecule has 0 saturated heterocycles. The van der Waals surface area contributed by atoms with Crippen molar-refractivity contribution >= 4 is 5.97 Å². The molecule has 0 bridgehead atoms. The maximum atomic E-state index is 11.2. The first-order valence-electron chi connectivity index (χ1n) is 4.72. The molecular formula is C10H15N2O2. The molecule has 0 amide bonds. The van der Waals surface area contributed by atoms with Crippen LogP contribution in [-0.4, -0.2) is 22.1 Å². The number of carbonyl (C=O) groups is 1. The van der Waals surface area contributed by atoms with E-state index >= 15 is 0 Å². The highest BCUT2D eigenvalue weighted by Gasteiger charge is 2.08. The zero-order chi connectivity index (χ0) is 10.6. The van der Waals surface area contributed by atoms with Crippen LogP contribution in [0.15, 0.2) is 0 Å². The normalized spacial score (nSPS) is 10.2. The number of aryl methyl sites for hydroxylation is 1. The van der Waals surface area contributed by atoms with Gasteiger partial charge in [0, 0.05) is 5.69 Å². The summed E-state index contributed by atoms with van der Waals surface area (Å²) in [5, 5.41) is 0. The van der Waals surface area contributed by atoms with Crippen LogP contribution in [0.25, 0.3) is 0 Å². The summed E-state index contributed by atoms with van der Waals surface area (Å²) in [6.07, 6.45) is 3.59. The first kappa shape index (κ1) is 10.8. The van der Waals surface area contributed by atoms with Gasteiger partial charge in [0.15, 0.2) is 6.33 Å². The van der Waals surface area contributed by atoms with Crippen LogP contribution in [0.3, 0.4) is 0 Å². The monoisotopic (exact) mass is 195 g/mol. The van der Waals surface area contributed by atoms with Gasteiger partial charge in [-0.1, -0.05) is 6.92 Å². The minimum Gasteiger partial charge on any atom is -0.464 e. The highest BCUT2D eigenvalue weighted by Crippen LogP contribution is 2.03. The average molecular weight is 195 g/mol. The number of hydrogen-bond donors (Lipinski definition) is 0. The Morgan fingerprint density at radius 1 is 1.57 bits per heavy atom. The molecule has 0 N–H and O–H groups in total. The van der Waals surface area contributed by atoms with Gasteiger partial charge < -0.3 is 9.30 Å². The van der Waals surface area contributed by atoms with Crippen molar-refractivity contribution in [3.05, 3.63) is 17.7 Å². The standard InChI is InChI=1S/C10H15N2O2/c1-4-5-14-10(13)6-12-7-11-8(2)9(12)3/h4-6H2,1-3H3. The predicted molar refractivity (Wildman–Crippen MR) is 51.8 cm³/mol. The molecule has 0 fully saturated rings. The third-order valence-electron chi connectivity index (χ3n) is 2.02. The molecule has 77 valence electrons. The number of carbonyl (C=O) groups excluding carboxylic acids is 1. The van der Waals surface area contributed by atoms with Crippen molar-refractivity contribution in [2.75, 3.05) is 6.61 Å². The number of aromatic nitrogens is 2. The van der Waals surface area contributed by atoms with Gasteiger partial charge in [-0.25, -0.2) is 4.98 Å². The molecule has 0 aliphatic rings. The fourth-order valence-corrected chi connectivity index (χ4v) is 1.03. The first-order chi connectivity index (χ1) is 6.65. The number of esters is 1. The summed E-state index contributed by atoms with van der Waals surface area (Å²) in [5.41, 5.74) is 1.85. The third kappa shape index (κ3) is 2.58. The molecule has 14 heavy (non-hydrogen) atoms. The Morgan fingerprint density at radius 2 is 2.29 bits per heavy atom. The molecule has 4 heteroatoms. The number of ether oxygens (including phenoxy) is 1. The van der Waals surface area contributed by atoms with Crippen LogP contribution in [0.5, 0.6) is 0 Å². The van der Waals surface area contributed by atoms with Gasteiger partial charge in [0.25, 0.3) is 0 Å². The molecule has 1 radical (unpaired) electrons. The van der Waals surface area contributed by atoms with E-state index < -0.39 is 0 Å². The van der Waals surface area contributed by atoms with E-state index in [9.17, 15) is 4.79 Å². The Balaban J connectivity index is 2.52. The Kier molecular flexibility index (Phi) is 3.68. The van der Waals surface area contributed by atoms with E-state index in [0.29, 0.717) is 6.61 Å². The van der Waals surface area contributed by atoms with Crippen LogP contribution in [0.1, 0.15) is 24.7 Å². The number of nitrogens with zero attached hydrogens (tertiary/aromatic N) is 2. The Hall–Kier alpha value is -1.32. The molecule has 1 aromatic rings. The molecule has 0 aliphatic heterocycles. The van der Waals surface area contributed by atoms with Gasteiger partial charge in [-0.05, 0) is 20.3 Å². The minimum atomic E-state index is -0.233. The maximum absolute atomic E-state index is 11.2. The predicted octanol–water partition coefficient (Wildman–Crippen LogP) is 1.25.